The highest BCUT2D eigenvalue weighted by molar-refractivity contribution is 5.93. The van der Waals surface area contributed by atoms with Crippen LogP contribution in [0.2, 0.25) is 0 Å². The first-order chi connectivity index (χ1) is 8.10. The van der Waals surface area contributed by atoms with Crippen LogP contribution in [0.1, 0.15) is 21.1 Å². The minimum Gasteiger partial charge on any atom is -0.475 e. The number of aromatic carboxylic acids is 1. The fourth-order valence-corrected chi connectivity index (χ4v) is 1.28. The van der Waals surface area contributed by atoms with E-state index in [0.717, 1.165) is 0 Å². The number of hydrogen-bond acceptors (Lipinski definition) is 4. The Balaban J connectivity index is 2.84. The van der Waals surface area contributed by atoms with E-state index < -0.39 is 11.9 Å². The van der Waals surface area contributed by atoms with Gasteiger partial charge >= 0.3 is 5.97 Å². The summed E-state index contributed by atoms with van der Waals surface area (Å²) in [5.41, 5.74) is 0. The Kier molecular flexibility index (Phi) is 4.47. The van der Waals surface area contributed by atoms with Gasteiger partial charge in [-0.25, -0.2) is 4.79 Å². The van der Waals surface area contributed by atoms with Crippen LogP contribution in [0.25, 0.3) is 0 Å². The van der Waals surface area contributed by atoms with Crippen LogP contribution in [-0.4, -0.2) is 46.7 Å². The molecule has 0 saturated carbocycles. The molecular weight excluding hydrogens is 226 g/mol. The quantitative estimate of drug-likeness (QED) is 0.709. The summed E-state index contributed by atoms with van der Waals surface area (Å²) in [4.78, 5) is 23.7. The first-order valence-electron chi connectivity index (χ1n) is 4.94. The van der Waals surface area contributed by atoms with Crippen LogP contribution in [0.15, 0.2) is 29.2 Å². The summed E-state index contributed by atoms with van der Waals surface area (Å²) in [5, 5.41) is 17.5. The van der Waals surface area contributed by atoms with Gasteiger partial charge < -0.3 is 19.5 Å². The van der Waals surface area contributed by atoms with E-state index >= 15 is 0 Å². The van der Waals surface area contributed by atoms with Crippen molar-refractivity contribution in [1.82, 2.24) is 4.90 Å². The number of rotatable bonds is 6. The van der Waals surface area contributed by atoms with Gasteiger partial charge in [0.1, 0.15) is 0 Å². The molecule has 2 N–H and O–H groups in total. The van der Waals surface area contributed by atoms with E-state index in [1.807, 2.05) is 0 Å². The first kappa shape index (κ1) is 13.0. The predicted octanol–water partition coefficient (Wildman–Crippen LogP) is 0.598. The zero-order valence-corrected chi connectivity index (χ0v) is 9.13. The van der Waals surface area contributed by atoms with Crippen LogP contribution in [0.5, 0.6) is 0 Å². The van der Waals surface area contributed by atoms with Crippen molar-refractivity contribution in [2.24, 2.45) is 0 Å². The van der Waals surface area contributed by atoms with Crippen molar-refractivity contribution < 1.29 is 24.2 Å². The van der Waals surface area contributed by atoms with E-state index in [2.05, 4.69) is 6.58 Å². The standard InChI is InChI=1S/C11H13NO5/c1-2-5-12(6-7-13)10(14)8-3-4-9(17-8)11(15)16/h2-4,13H,1,5-7H2,(H,15,16). The lowest BCUT2D eigenvalue weighted by Crippen LogP contribution is -2.33. The molecule has 0 spiro atoms. The normalized spacial score (nSPS) is 9.94. The molecule has 1 heterocycles. The summed E-state index contributed by atoms with van der Waals surface area (Å²) >= 11 is 0. The van der Waals surface area contributed by atoms with Gasteiger partial charge in [-0.05, 0) is 12.1 Å². The number of carboxylic acids is 1. The lowest BCUT2D eigenvalue weighted by Gasteiger charge is -2.18. The van der Waals surface area contributed by atoms with Gasteiger partial charge in [-0.3, -0.25) is 4.79 Å². The van der Waals surface area contributed by atoms with E-state index in [0.29, 0.717) is 0 Å². The third-order valence-corrected chi connectivity index (χ3v) is 2.03. The molecule has 0 aliphatic carbocycles. The number of carbonyl (C=O) groups is 2. The fraction of sp³-hybridized carbons (Fsp3) is 0.273. The average Bonchev–Trinajstić information content (AvgIpc) is 2.77. The number of carbonyl (C=O) groups excluding carboxylic acids is 1. The second-order valence-electron chi connectivity index (χ2n) is 3.23. The smallest absolute Gasteiger partial charge is 0.371 e. The monoisotopic (exact) mass is 239 g/mol. The molecule has 0 saturated heterocycles. The van der Waals surface area contributed by atoms with Crippen molar-refractivity contribution in [2.45, 2.75) is 0 Å². The van der Waals surface area contributed by atoms with Crippen LogP contribution in [-0.2, 0) is 0 Å². The molecule has 1 amide bonds. The molecular formula is C11H13NO5. The Morgan fingerprint density at radius 1 is 1.41 bits per heavy atom. The lowest BCUT2D eigenvalue weighted by molar-refractivity contribution is 0.0647. The van der Waals surface area contributed by atoms with Gasteiger partial charge in [-0.2, -0.15) is 0 Å². The molecule has 0 radical (unpaired) electrons. The number of hydrogen-bond donors (Lipinski definition) is 2. The molecule has 6 nitrogen and oxygen atoms in total. The van der Waals surface area contributed by atoms with E-state index in [9.17, 15) is 9.59 Å². The summed E-state index contributed by atoms with van der Waals surface area (Å²) in [7, 11) is 0. The van der Waals surface area contributed by atoms with E-state index in [1.165, 1.54) is 23.1 Å². The zero-order chi connectivity index (χ0) is 12.8. The van der Waals surface area contributed by atoms with Crippen LogP contribution in [0, 0.1) is 0 Å². The van der Waals surface area contributed by atoms with Crippen LogP contribution >= 0.6 is 0 Å². The van der Waals surface area contributed by atoms with Crippen molar-refractivity contribution in [3.05, 3.63) is 36.3 Å². The molecule has 1 aromatic heterocycles. The van der Waals surface area contributed by atoms with Crippen molar-refractivity contribution >= 4 is 11.9 Å². The highest BCUT2D eigenvalue weighted by atomic mass is 16.4. The molecule has 92 valence electrons. The molecule has 17 heavy (non-hydrogen) atoms. The second-order valence-corrected chi connectivity index (χ2v) is 3.23. The van der Waals surface area contributed by atoms with E-state index in [4.69, 9.17) is 14.6 Å². The summed E-state index contributed by atoms with van der Waals surface area (Å²) < 4.78 is 4.87. The maximum Gasteiger partial charge on any atom is 0.371 e. The highest BCUT2D eigenvalue weighted by Gasteiger charge is 2.19. The number of aliphatic hydroxyl groups excluding tert-OH is 1. The molecule has 0 unspecified atom stereocenters. The van der Waals surface area contributed by atoms with Crippen LogP contribution in [0.4, 0.5) is 0 Å². The van der Waals surface area contributed by atoms with Gasteiger partial charge in [-0.15, -0.1) is 6.58 Å². The number of furan rings is 1. The molecule has 0 aliphatic heterocycles. The fourth-order valence-electron chi connectivity index (χ4n) is 1.28. The molecule has 0 aliphatic rings. The van der Waals surface area contributed by atoms with Gasteiger partial charge in [0.2, 0.25) is 5.76 Å². The van der Waals surface area contributed by atoms with Gasteiger partial charge in [0.25, 0.3) is 5.91 Å². The Morgan fingerprint density at radius 3 is 2.53 bits per heavy atom. The molecule has 1 aromatic rings. The van der Waals surface area contributed by atoms with Crippen molar-refractivity contribution in [2.75, 3.05) is 19.7 Å². The first-order valence-corrected chi connectivity index (χ1v) is 4.94. The van der Waals surface area contributed by atoms with Crippen molar-refractivity contribution in [1.29, 1.82) is 0 Å². The summed E-state index contributed by atoms with van der Waals surface area (Å²) in [5.74, 6) is -2.08. The highest BCUT2D eigenvalue weighted by Crippen LogP contribution is 2.10. The number of amides is 1. The molecule has 0 bridgehead atoms. The van der Waals surface area contributed by atoms with Gasteiger partial charge in [0.15, 0.2) is 5.76 Å². The Morgan fingerprint density at radius 2 is 2.06 bits per heavy atom. The van der Waals surface area contributed by atoms with Gasteiger partial charge in [-0.1, -0.05) is 6.08 Å². The molecule has 6 heteroatoms. The Hall–Kier alpha value is -2.08. The lowest BCUT2D eigenvalue weighted by atomic mass is 10.3. The third kappa shape index (κ3) is 3.18. The zero-order valence-electron chi connectivity index (χ0n) is 9.13. The number of nitrogens with zero attached hydrogens (tertiary/aromatic N) is 1. The SMILES string of the molecule is C=CCN(CCO)C(=O)c1ccc(C(=O)O)o1. The number of carboxylic acid groups (broad SMARTS) is 1. The van der Waals surface area contributed by atoms with E-state index in [1.54, 1.807) is 0 Å². The van der Waals surface area contributed by atoms with E-state index in [-0.39, 0.29) is 31.2 Å². The maximum atomic E-state index is 11.8. The van der Waals surface area contributed by atoms with Gasteiger partial charge in [0.05, 0.1) is 6.61 Å². The average molecular weight is 239 g/mol. The minimum atomic E-state index is -1.23. The Bertz CT molecular complexity index is 423. The maximum absolute atomic E-state index is 11.8. The minimum absolute atomic E-state index is 0.0716. The molecule has 0 fully saturated rings. The second kappa shape index (κ2) is 5.86. The van der Waals surface area contributed by atoms with Crippen LogP contribution in [0.3, 0.4) is 0 Å². The predicted molar refractivity (Wildman–Crippen MR) is 58.9 cm³/mol. The topological polar surface area (TPSA) is 91.0 Å². The largest absolute Gasteiger partial charge is 0.475 e. The molecule has 1 rings (SSSR count). The Labute approximate surface area is 97.8 Å². The summed E-state index contributed by atoms with van der Waals surface area (Å²) in [6.07, 6.45) is 1.51. The third-order valence-electron chi connectivity index (χ3n) is 2.03. The molecule has 0 aromatic carbocycles. The van der Waals surface area contributed by atoms with Crippen molar-refractivity contribution in [3.63, 3.8) is 0 Å². The summed E-state index contributed by atoms with van der Waals surface area (Å²) in [6, 6.07) is 2.50. The molecule has 0 atom stereocenters. The van der Waals surface area contributed by atoms with Crippen molar-refractivity contribution in [3.8, 4) is 0 Å². The summed E-state index contributed by atoms with van der Waals surface area (Å²) in [6.45, 7) is 3.69. The van der Waals surface area contributed by atoms with Gasteiger partial charge in [0, 0.05) is 13.1 Å². The van der Waals surface area contributed by atoms with Crippen LogP contribution < -0.4 is 0 Å². The number of aliphatic hydroxyl groups is 1.